The van der Waals surface area contributed by atoms with Crippen LogP contribution in [0, 0.1) is 12.8 Å². The second-order valence-electron chi connectivity index (χ2n) is 3.99. The van der Waals surface area contributed by atoms with Gasteiger partial charge in [-0.25, -0.2) is 4.99 Å². The van der Waals surface area contributed by atoms with Gasteiger partial charge in [-0.3, -0.25) is 0 Å². The molecular weight excluding hydrogens is 218 g/mol. The summed E-state index contributed by atoms with van der Waals surface area (Å²) >= 11 is 5.09. The lowest BCUT2D eigenvalue weighted by Gasteiger charge is -2.07. The molecule has 0 aromatic heterocycles. The fourth-order valence-corrected chi connectivity index (χ4v) is 1.26. The van der Waals surface area contributed by atoms with Crippen LogP contribution >= 0.6 is 12.2 Å². The normalized spacial score (nSPS) is 11.6. The first-order chi connectivity index (χ1) is 7.49. The van der Waals surface area contributed by atoms with Crippen molar-refractivity contribution >= 4 is 28.9 Å². The number of amidine groups is 1. The molecule has 0 aliphatic rings. The molecule has 0 radical (unpaired) electrons. The Hall–Kier alpha value is -1.42. The second-order valence-corrected chi connectivity index (χ2v) is 4.37. The van der Waals surface area contributed by atoms with E-state index in [0.29, 0.717) is 10.9 Å². The zero-order chi connectivity index (χ0) is 12.1. The Morgan fingerprint density at radius 3 is 2.38 bits per heavy atom. The Balaban J connectivity index is 2.65. The Kier molecular flexibility index (Phi) is 4.43. The summed E-state index contributed by atoms with van der Waals surface area (Å²) in [7, 11) is 0. The summed E-state index contributed by atoms with van der Waals surface area (Å²) in [6.07, 6.45) is 0. The zero-order valence-electron chi connectivity index (χ0n) is 9.82. The number of nitrogens with zero attached hydrogens (tertiary/aromatic N) is 1. The van der Waals surface area contributed by atoms with E-state index in [1.807, 2.05) is 45.0 Å². The summed E-state index contributed by atoms with van der Waals surface area (Å²) in [5.41, 5.74) is 7.85. The first-order valence-electron chi connectivity index (χ1n) is 5.20. The first kappa shape index (κ1) is 12.6. The van der Waals surface area contributed by atoms with Crippen LogP contribution in [0.15, 0.2) is 29.3 Å². The Morgan fingerprint density at radius 1 is 1.31 bits per heavy atom. The molecule has 0 aliphatic carbocycles. The summed E-state index contributed by atoms with van der Waals surface area (Å²) in [6.45, 7) is 6.00. The highest BCUT2D eigenvalue weighted by molar-refractivity contribution is 7.80. The lowest BCUT2D eigenvalue weighted by molar-refractivity contribution is 0.875. The number of rotatable bonds is 2. The minimum atomic E-state index is 0.206. The van der Waals surface area contributed by atoms with Crippen molar-refractivity contribution < 1.29 is 0 Å². The lowest BCUT2D eigenvalue weighted by Crippen LogP contribution is -2.22. The number of aryl methyl sites for hydroxylation is 1. The highest BCUT2D eigenvalue weighted by Gasteiger charge is 2.01. The third-order valence-electron chi connectivity index (χ3n) is 2.13. The Bertz CT molecular complexity index is 393. The second kappa shape index (κ2) is 5.61. The predicted octanol–water partition coefficient (Wildman–Crippen LogP) is 2.71. The van der Waals surface area contributed by atoms with Gasteiger partial charge in [0.2, 0.25) is 0 Å². The topological polar surface area (TPSA) is 50.4 Å². The van der Waals surface area contributed by atoms with Gasteiger partial charge in [-0.1, -0.05) is 31.5 Å². The fourth-order valence-electron chi connectivity index (χ4n) is 1.03. The molecule has 1 aromatic rings. The summed E-state index contributed by atoms with van der Waals surface area (Å²) in [5, 5.41) is 3.42. The molecule has 0 aliphatic heterocycles. The van der Waals surface area contributed by atoms with Crippen LogP contribution in [0.2, 0.25) is 0 Å². The van der Waals surface area contributed by atoms with E-state index in [1.165, 1.54) is 5.56 Å². The minimum absolute atomic E-state index is 0.206. The van der Waals surface area contributed by atoms with E-state index in [9.17, 15) is 0 Å². The highest BCUT2D eigenvalue weighted by atomic mass is 32.1. The van der Waals surface area contributed by atoms with Gasteiger partial charge >= 0.3 is 0 Å². The molecule has 0 heterocycles. The number of anilines is 1. The number of benzene rings is 1. The molecule has 1 aromatic carbocycles. The smallest absolute Gasteiger partial charge is 0.198 e. The molecule has 0 atom stereocenters. The molecule has 0 saturated heterocycles. The van der Waals surface area contributed by atoms with Crippen molar-refractivity contribution in [1.82, 2.24) is 0 Å². The van der Waals surface area contributed by atoms with Crippen molar-refractivity contribution in [2.75, 3.05) is 5.32 Å². The summed E-state index contributed by atoms with van der Waals surface area (Å²) in [5.74, 6) is 0.752. The Labute approximate surface area is 102 Å². The monoisotopic (exact) mass is 235 g/mol. The summed E-state index contributed by atoms with van der Waals surface area (Å²) in [4.78, 5) is 4.11. The molecule has 1 rings (SSSR count). The summed E-state index contributed by atoms with van der Waals surface area (Å²) < 4.78 is 0. The van der Waals surface area contributed by atoms with E-state index < -0.39 is 0 Å². The maximum Gasteiger partial charge on any atom is 0.198 e. The lowest BCUT2D eigenvalue weighted by atomic mass is 10.2. The Morgan fingerprint density at radius 2 is 1.88 bits per heavy atom. The minimum Gasteiger partial charge on any atom is -0.387 e. The van der Waals surface area contributed by atoms with Gasteiger partial charge in [0.1, 0.15) is 5.84 Å². The van der Waals surface area contributed by atoms with Gasteiger partial charge in [0.05, 0.1) is 0 Å². The molecule has 86 valence electrons. The number of thiocarbonyl (C=S) groups is 1. The number of hydrogen-bond donors (Lipinski definition) is 2. The van der Waals surface area contributed by atoms with Gasteiger partial charge in [-0.2, -0.15) is 0 Å². The molecule has 0 saturated carbocycles. The van der Waals surface area contributed by atoms with E-state index >= 15 is 0 Å². The fraction of sp³-hybridized carbons (Fsp3) is 0.333. The number of hydrogen-bond acceptors (Lipinski definition) is 1. The van der Waals surface area contributed by atoms with Crippen molar-refractivity contribution in [2.45, 2.75) is 20.8 Å². The number of aliphatic imine (C=N–C) groups is 1. The van der Waals surface area contributed by atoms with Gasteiger partial charge in [-0.15, -0.1) is 0 Å². The van der Waals surface area contributed by atoms with E-state index in [2.05, 4.69) is 10.3 Å². The molecule has 0 bridgehead atoms. The summed E-state index contributed by atoms with van der Waals surface area (Å²) in [6, 6.07) is 7.95. The van der Waals surface area contributed by atoms with Crippen LogP contribution in [0.4, 0.5) is 5.69 Å². The van der Waals surface area contributed by atoms with Crippen LogP contribution in [0.3, 0.4) is 0 Å². The highest BCUT2D eigenvalue weighted by Crippen LogP contribution is 2.09. The van der Waals surface area contributed by atoms with E-state index in [0.717, 1.165) is 5.69 Å². The molecule has 0 amide bonds. The van der Waals surface area contributed by atoms with Crippen LogP contribution in [0.5, 0.6) is 0 Å². The van der Waals surface area contributed by atoms with Crippen molar-refractivity contribution in [1.29, 1.82) is 0 Å². The molecule has 3 N–H and O–H groups in total. The van der Waals surface area contributed by atoms with E-state index in [-0.39, 0.29) is 5.92 Å². The number of nitrogens with two attached hydrogens (primary N) is 1. The quantitative estimate of drug-likeness (QED) is 0.471. The molecule has 4 heteroatoms. The molecule has 3 nitrogen and oxygen atoms in total. The third kappa shape index (κ3) is 3.98. The average molecular weight is 235 g/mol. The number of nitrogens with one attached hydrogen (secondary N) is 1. The van der Waals surface area contributed by atoms with Crippen LogP contribution in [-0.2, 0) is 0 Å². The molecular formula is C12H17N3S. The standard InChI is InChI=1S/C12H17N3S/c1-8(2)11(13)15-12(16)14-10-6-4-9(3)5-7-10/h4-8H,1-3H3,(H3,13,14,15,16). The van der Waals surface area contributed by atoms with Crippen molar-refractivity contribution in [3.8, 4) is 0 Å². The van der Waals surface area contributed by atoms with E-state index in [1.54, 1.807) is 0 Å². The van der Waals surface area contributed by atoms with E-state index in [4.69, 9.17) is 18.0 Å². The predicted molar refractivity (Wildman–Crippen MR) is 73.9 cm³/mol. The largest absolute Gasteiger partial charge is 0.387 e. The zero-order valence-corrected chi connectivity index (χ0v) is 10.6. The van der Waals surface area contributed by atoms with Crippen LogP contribution < -0.4 is 11.1 Å². The molecule has 0 spiro atoms. The molecule has 16 heavy (non-hydrogen) atoms. The first-order valence-corrected chi connectivity index (χ1v) is 5.61. The van der Waals surface area contributed by atoms with Gasteiger partial charge in [0, 0.05) is 11.6 Å². The van der Waals surface area contributed by atoms with Gasteiger partial charge < -0.3 is 11.1 Å². The average Bonchev–Trinajstić information content (AvgIpc) is 2.21. The van der Waals surface area contributed by atoms with Crippen LogP contribution in [-0.4, -0.2) is 10.9 Å². The SMILES string of the molecule is Cc1ccc(NC(=S)/N=C(\N)C(C)C)cc1. The van der Waals surface area contributed by atoms with Crippen molar-refractivity contribution in [2.24, 2.45) is 16.6 Å². The van der Waals surface area contributed by atoms with Gasteiger partial charge in [-0.05, 0) is 31.3 Å². The maximum absolute atomic E-state index is 5.72. The molecule has 0 unspecified atom stereocenters. The maximum atomic E-state index is 5.72. The third-order valence-corrected chi connectivity index (χ3v) is 2.32. The van der Waals surface area contributed by atoms with Gasteiger partial charge in [0.15, 0.2) is 5.11 Å². The van der Waals surface area contributed by atoms with Crippen LogP contribution in [0.25, 0.3) is 0 Å². The van der Waals surface area contributed by atoms with Crippen LogP contribution in [0.1, 0.15) is 19.4 Å². The molecule has 0 fully saturated rings. The van der Waals surface area contributed by atoms with Crippen molar-refractivity contribution in [3.05, 3.63) is 29.8 Å². The van der Waals surface area contributed by atoms with Gasteiger partial charge in [0.25, 0.3) is 0 Å². The van der Waals surface area contributed by atoms with Crippen molar-refractivity contribution in [3.63, 3.8) is 0 Å².